The first kappa shape index (κ1) is 21.4. The number of aryl methyl sites for hydroxylation is 2. The molecule has 8 nitrogen and oxygen atoms in total. The number of hydrogen-bond acceptors (Lipinski definition) is 7. The van der Waals surface area contributed by atoms with E-state index in [1.807, 2.05) is 19.9 Å². The Kier molecular flexibility index (Phi) is 6.66. The summed E-state index contributed by atoms with van der Waals surface area (Å²) in [6.45, 7) is 4.14. The number of nitrogens with zero attached hydrogens (tertiary/aromatic N) is 2. The van der Waals surface area contributed by atoms with Crippen molar-refractivity contribution in [3.63, 3.8) is 0 Å². The Labute approximate surface area is 176 Å². The lowest BCUT2D eigenvalue weighted by atomic mass is 10.3. The van der Waals surface area contributed by atoms with E-state index in [1.165, 1.54) is 24.7 Å². The van der Waals surface area contributed by atoms with E-state index < -0.39 is 11.0 Å². The zero-order chi connectivity index (χ0) is 21.1. The average molecular weight is 439 g/mol. The molecule has 1 saturated carbocycles. The number of amidine groups is 1. The molecule has 29 heavy (non-hydrogen) atoms. The fourth-order valence-electron chi connectivity index (χ4n) is 2.64. The van der Waals surface area contributed by atoms with Crippen molar-refractivity contribution in [3.8, 4) is 5.75 Å². The van der Waals surface area contributed by atoms with Gasteiger partial charge in [-0.3, -0.25) is 4.99 Å². The van der Waals surface area contributed by atoms with E-state index in [0.29, 0.717) is 27.4 Å². The van der Waals surface area contributed by atoms with Crippen molar-refractivity contribution in [1.82, 2.24) is 4.31 Å². The quantitative estimate of drug-likeness (QED) is 0.315. The highest BCUT2D eigenvalue weighted by Crippen LogP contribution is 2.40. The van der Waals surface area contributed by atoms with Gasteiger partial charge in [0.15, 0.2) is 9.96 Å². The van der Waals surface area contributed by atoms with Crippen molar-refractivity contribution in [2.45, 2.75) is 43.5 Å². The summed E-state index contributed by atoms with van der Waals surface area (Å²) in [5, 5.41) is 15.3. The molecule has 0 radical (unpaired) electrons. The van der Waals surface area contributed by atoms with E-state index in [0.717, 1.165) is 24.2 Å². The molecule has 2 aromatic rings. The maximum atomic E-state index is 12.7. The molecule has 1 fully saturated rings. The van der Waals surface area contributed by atoms with Crippen LogP contribution in [0, 0.1) is 13.8 Å². The topological polar surface area (TPSA) is 113 Å². The van der Waals surface area contributed by atoms with Gasteiger partial charge < -0.3 is 25.3 Å². The largest absolute Gasteiger partial charge is 0.504 e. The van der Waals surface area contributed by atoms with Crippen LogP contribution in [-0.2, 0) is 22.3 Å². The molecule has 1 aliphatic carbocycles. The molecule has 0 aromatic carbocycles. The van der Waals surface area contributed by atoms with E-state index >= 15 is 0 Å². The lowest BCUT2D eigenvalue weighted by molar-refractivity contribution is 0.336. The predicted octanol–water partition coefficient (Wildman–Crippen LogP) is 3.24. The minimum Gasteiger partial charge on any atom is -0.504 e. The second kappa shape index (κ2) is 9.02. The third-order valence-electron chi connectivity index (χ3n) is 4.62. The molecule has 0 amide bonds. The van der Waals surface area contributed by atoms with Crippen LogP contribution in [0.3, 0.4) is 0 Å². The minimum absolute atomic E-state index is 0.0621. The van der Waals surface area contributed by atoms with Crippen LogP contribution in [0.2, 0.25) is 0 Å². The Morgan fingerprint density at radius 2 is 2.28 bits per heavy atom. The Morgan fingerprint density at radius 3 is 2.86 bits per heavy atom. The number of nitrogens with one attached hydrogen (secondary N) is 1. The maximum Gasteiger partial charge on any atom is 0.167 e. The van der Waals surface area contributed by atoms with Gasteiger partial charge in [-0.25, -0.2) is 8.51 Å². The standard InChI is InChI=1S/C19H26N4O4S2/c1-11-7-14(27-12(11)2)8-21-18(20)15(9-26-4)22-16-10-28-19(17(16)24)29(25)23(3)13-5-6-13/h7,9-10,13,22,24H,5-6,8H2,1-4H3,(H2,20,21)/b15-9+. The van der Waals surface area contributed by atoms with Gasteiger partial charge in [0.25, 0.3) is 0 Å². The first-order valence-electron chi connectivity index (χ1n) is 9.13. The van der Waals surface area contributed by atoms with Crippen LogP contribution < -0.4 is 11.1 Å². The van der Waals surface area contributed by atoms with Crippen LogP contribution in [0.15, 0.2) is 37.0 Å². The van der Waals surface area contributed by atoms with Gasteiger partial charge in [0.05, 0.1) is 19.3 Å². The van der Waals surface area contributed by atoms with Crippen molar-refractivity contribution in [3.05, 3.63) is 40.5 Å². The number of furan rings is 1. The van der Waals surface area contributed by atoms with Crippen molar-refractivity contribution >= 4 is 33.8 Å². The summed E-state index contributed by atoms with van der Waals surface area (Å²) in [5.74, 6) is 1.69. The third-order valence-corrected chi connectivity index (χ3v) is 7.43. The molecule has 158 valence electrons. The van der Waals surface area contributed by atoms with Crippen LogP contribution in [0.4, 0.5) is 5.69 Å². The van der Waals surface area contributed by atoms with Gasteiger partial charge in [-0.1, -0.05) is 0 Å². The molecule has 0 aliphatic heterocycles. The molecule has 10 heteroatoms. The molecule has 0 bridgehead atoms. The summed E-state index contributed by atoms with van der Waals surface area (Å²) >= 11 is 1.23. The van der Waals surface area contributed by atoms with Crippen LogP contribution in [0.1, 0.15) is 29.9 Å². The number of aromatic hydroxyl groups is 1. The molecule has 4 N–H and O–H groups in total. The molecule has 0 spiro atoms. The Balaban J connectivity index is 1.74. The van der Waals surface area contributed by atoms with E-state index in [9.17, 15) is 9.32 Å². The van der Waals surface area contributed by atoms with Crippen molar-refractivity contribution in [2.75, 3.05) is 19.5 Å². The van der Waals surface area contributed by atoms with Gasteiger partial charge >= 0.3 is 0 Å². The smallest absolute Gasteiger partial charge is 0.167 e. The molecule has 2 heterocycles. The van der Waals surface area contributed by atoms with Gasteiger partial charge in [0, 0.05) is 18.5 Å². The van der Waals surface area contributed by atoms with Gasteiger partial charge in [-0.15, -0.1) is 11.3 Å². The molecule has 2 aromatic heterocycles. The molecule has 3 rings (SSSR count). The summed E-state index contributed by atoms with van der Waals surface area (Å²) in [6.07, 6.45) is 3.46. The highest BCUT2D eigenvalue weighted by atomic mass is 32.2. The minimum atomic E-state index is -1.41. The average Bonchev–Trinajstić information content (AvgIpc) is 3.41. The van der Waals surface area contributed by atoms with Crippen LogP contribution in [-0.4, -0.2) is 39.7 Å². The second-order valence-electron chi connectivity index (χ2n) is 6.86. The van der Waals surface area contributed by atoms with Crippen LogP contribution in [0.5, 0.6) is 5.75 Å². The lowest BCUT2D eigenvalue weighted by Gasteiger charge is -2.14. The molecule has 1 atom stereocenters. The summed E-state index contributed by atoms with van der Waals surface area (Å²) < 4.78 is 25.5. The molecular formula is C19H26N4O4S2. The van der Waals surface area contributed by atoms with Crippen molar-refractivity contribution in [1.29, 1.82) is 0 Å². The summed E-state index contributed by atoms with van der Waals surface area (Å²) in [4.78, 5) is 4.34. The van der Waals surface area contributed by atoms with Gasteiger partial charge in [-0.2, -0.15) is 0 Å². The lowest BCUT2D eigenvalue weighted by Crippen LogP contribution is -2.23. The van der Waals surface area contributed by atoms with E-state index in [-0.39, 0.29) is 18.1 Å². The highest BCUT2D eigenvalue weighted by Gasteiger charge is 2.32. The fourth-order valence-corrected chi connectivity index (χ4v) is 5.11. The normalized spacial score (nSPS) is 16.3. The van der Waals surface area contributed by atoms with Crippen LogP contribution >= 0.6 is 11.3 Å². The fraction of sp³-hybridized carbons (Fsp3) is 0.421. The number of aliphatic imine (C=N–C) groups is 1. The monoisotopic (exact) mass is 438 g/mol. The molecule has 1 aliphatic rings. The summed E-state index contributed by atoms with van der Waals surface area (Å²) in [6, 6.07) is 2.23. The predicted molar refractivity (Wildman–Crippen MR) is 115 cm³/mol. The summed E-state index contributed by atoms with van der Waals surface area (Å²) in [7, 11) is 1.89. The number of nitrogens with two attached hydrogens (primary N) is 1. The number of ether oxygens (including phenoxy) is 1. The maximum absolute atomic E-state index is 12.7. The summed E-state index contributed by atoms with van der Waals surface area (Å²) in [5.41, 5.74) is 7.94. The Morgan fingerprint density at radius 1 is 1.55 bits per heavy atom. The van der Waals surface area contributed by atoms with E-state index in [4.69, 9.17) is 14.9 Å². The van der Waals surface area contributed by atoms with Crippen LogP contribution in [0.25, 0.3) is 0 Å². The second-order valence-corrected chi connectivity index (χ2v) is 9.48. The van der Waals surface area contributed by atoms with Crippen molar-refractivity contribution in [2.24, 2.45) is 10.7 Å². The number of thiophene rings is 1. The van der Waals surface area contributed by atoms with Gasteiger partial charge in [0.1, 0.15) is 40.3 Å². The highest BCUT2D eigenvalue weighted by molar-refractivity contribution is 7.85. The Bertz CT molecular complexity index is 940. The molecule has 1 unspecified atom stereocenters. The first-order valence-corrected chi connectivity index (χ1v) is 11.1. The SMILES string of the molecule is CO/C=C(/Nc1csc(S(=O)N(C)C2CC2)c1O)C(N)=NCc1cc(C)c(C)o1. The zero-order valence-electron chi connectivity index (χ0n) is 16.9. The Hall–Kier alpha value is -2.30. The number of hydrogen-bond donors (Lipinski definition) is 3. The number of rotatable bonds is 9. The number of anilines is 1. The van der Waals surface area contributed by atoms with Crippen molar-refractivity contribution < 1.29 is 18.5 Å². The molecule has 0 saturated heterocycles. The number of methoxy groups -OCH3 is 1. The first-order chi connectivity index (χ1) is 13.8. The zero-order valence-corrected chi connectivity index (χ0v) is 18.5. The van der Waals surface area contributed by atoms with Gasteiger partial charge in [-0.05, 0) is 38.3 Å². The third kappa shape index (κ3) is 5.01. The van der Waals surface area contributed by atoms with E-state index in [1.54, 1.807) is 16.7 Å². The molecular weight excluding hydrogens is 412 g/mol. The van der Waals surface area contributed by atoms with Gasteiger partial charge in [0.2, 0.25) is 0 Å². The van der Waals surface area contributed by atoms with E-state index in [2.05, 4.69) is 10.3 Å².